The molecule has 1 aromatic carbocycles. The van der Waals surface area contributed by atoms with E-state index in [4.69, 9.17) is 4.74 Å². The maximum absolute atomic E-state index is 11.8. The first kappa shape index (κ1) is 15.1. The maximum atomic E-state index is 11.8. The van der Waals surface area contributed by atoms with Crippen molar-refractivity contribution in [2.24, 2.45) is 0 Å². The van der Waals surface area contributed by atoms with Crippen LogP contribution in [0.3, 0.4) is 0 Å². The number of hydrogen-bond donors (Lipinski definition) is 2. The number of H-pyrrole nitrogens is 1. The van der Waals surface area contributed by atoms with Crippen molar-refractivity contribution in [2.75, 3.05) is 11.9 Å². The molecule has 0 atom stereocenters. The molecule has 0 spiro atoms. The van der Waals surface area contributed by atoms with Crippen LogP contribution in [-0.4, -0.2) is 22.7 Å². The average molecular weight is 403 g/mol. The molecule has 0 saturated carbocycles. The number of rotatable bonds is 5. The summed E-state index contributed by atoms with van der Waals surface area (Å²) in [6.07, 6.45) is 2.49. The zero-order valence-corrected chi connectivity index (χ0v) is 13.9. The summed E-state index contributed by atoms with van der Waals surface area (Å²) >= 11 is 6.73. The van der Waals surface area contributed by atoms with E-state index in [1.54, 1.807) is 12.3 Å². The third-order valence-electron chi connectivity index (χ3n) is 2.62. The molecule has 2 aromatic rings. The van der Waals surface area contributed by atoms with Crippen molar-refractivity contribution in [2.45, 2.75) is 13.3 Å². The lowest BCUT2D eigenvalue weighted by Gasteiger charge is -2.09. The number of anilines is 1. The second-order valence-corrected chi connectivity index (χ2v) is 5.81. The molecule has 7 heteroatoms. The number of amides is 1. The van der Waals surface area contributed by atoms with E-state index in [0.29, 0.717) is 11.6 Å². The zero-order valence-electron chi connectivity index (χ0n) is 10.7. The van der Waals surface area contributed by atoms with Gasteiger partial charge in [0.25, 0.3) is 5.91 Å². The number of aromatic amines is 1. The van der Waals surface area contributed by atoms with Crippen LogP contribution in [0.1, 0.15) is 12.5 Å². The molecule has 0 aliphatic heterocycles. The minimum Gasteiger partial charge on any atom is -0.483 e. The van der Waals surface area contributed by atoms with Gasteiger partial charge in [-0.2, -0.15) is 5.10 Å². The summed E-state index contributed by atoms with van der Waals surface area (Å²) < 4.78 is 7.19. The van der Waals surface area contributed by atoms with Crippen molar-refractivity contribution in [3.63, 3.8) is 0 Å². The predicted molar refractivity (Wildman–Crippen MR) is 83.9 cm³/mol. The lowest BCUT2D eigenvalue weighted by atomic mass is 10.2. The Kier molecular flexibility index (Phi) is 5.19. The Morgan fingerprint density at radius 1 is 1.45 bits per heavy atom. The molecule has 1 amide bonds. The summed E-state index contributed by atoms with van der Waals surface area (Å²) in [6.45, 7) is 1.93. The van der Waals surface area contributed by atoms with Crippen molar-refractivity contribution in [3.05, 3.63) is 38.9 Å². The van der Waals surface area contributed by atoms with Crippen LogP contribution >= 0.6 is 31.9 Å². The van der Waals surface area contributed by atoms with E-state index in [1.165, 1.54) is 0 Å². The van der Waals surface area contributed by atoms with Gasteiger partial charge in [-0.05, 0) is 40.5 Å². The van der Waals surface area contributed by atoms with Crippen LogP contribution in [0.25, 0.3) is 0 Å². The molecular formula is C13H13Br2N3O2. The van der Waals surface area contributed by atoms with E-state index in [-0.39, 0.29) is 12.5 Å². The fraction of sp³-hybridized carbons (Fsp3) is 0.231. The van der Waals surface area contributed by atoms with E-state index in [1.807, 2.05) is 19.1 Å². The first-order valence-electron chi connectivity index (χ1n) is 6.00. The molecule has 2 N–H and O–H groups in total. The van der Waals surface area contributed by atoms with Gasteiger partial charge in [0.05, 0.1) is 10.7 Å². The van der Waals surface area contributed by atoms with Gasteiger partial charge in [0.2, 0.25) is 0 Å². The normalized spacial score (nSPS) is 10.3. The molecule has 0 bridgehead atoms. The topological polar surface area (TPSA) is 67.0 Å². The highest BCUT2D eigenvalue weighted by Gasteiger charge is 2.09. The van der Waals surface area contributed by atoms with Crippen LogP contribution in [0.4, 0.5) is 5.82 Å². The number of carbonyl (C=O) groups is 1. The first-order valence-corrected chi connectivity index (χ1v) is 7.58. The van der Waals surface area contributed by atoms with Gasteiger partial charge in [0.1, 0.15) is 11.6 Å². The molecule has 1 aromatic heterocycles. The van der Waals surface area contributed by atoms with Crippen molar-refractivity contribution >= 4 is 43.6 Å². The first-order chi connectivity index (χ1) is 9.60. The number of hydrogen-bond acceptors (Lipinski definition) is 3. The van der Waals surface area contributed by atoms with Crippen LogP contribution in [0.2, 0.25) is 0 Å². The molecule has 0 fully saturated rings. The van der Waals surface area contributed by atoms with Gasteiger partial charge in [0, 0.05) is 10.0 Å². The number of aromatic nitrogens is 2. The molecule has 0 saturated heterocycles. The molecule has 0 unspecified atom stereocenters. The van der Waals surface area contributed by atoms with Crippen LogP contribution in [0, 0.1) is 0 Å². The van der Waals surface area contributed by atoms with Crippen molar-refractivity contribution in [1.29, 1.82) is 0 Å². The molecule has 5 nitrogen and oxygen atoms in total. The number of nitrogens with one attached hydrogen (secondary N) is 2. The molecule has 0 aliphatic carbocycles. The molecule has 0 aliphatic rings. The monoisotopic (exact) mass is 401 g/mol. The van der Waals surface area contributed by atoms with Crippen LogP contribution < -0.4 is 10.1 Å². The predicted octanol–water partition coefficient (Wildman–Crippen LogP) is 3.51. The largest absolute Gasteiger partial charge is 0.483 e. The fourth-order valence-corrected chi connectivity index (χ4v) is 2.76. The number of carbonyl (C=O) groups excluding carboxylic acids is 1. The highest BCUT2D eigenvalue weighted by atomic mass is 79.9. The molecule has 2 rings (SSSR count). The van der Waals surface area contributed by atoms with Crippen molar-refractivity contribution < 1.29 is 9.53 Å². The molecular weight excluding hydrogens is 390 g/mol. The van der Waals surface area contributed by atoms with E-state index in [9.17, 15) is 4.79 Å². The summed E-state index contributed by atoms with van der Waals surface area (Å²) in [7, 11) is 0. The van der Waals surface area contributed by atoms with E-state index < -0.39 is 0 Å². The van der Waals surface area contributed by atoms with E-state index in [2.05, 4.69) is 47.4 Å². The summed E-state index contributed by atoms with van der Waals surface area (Å²) in [5, 5.41) is 9.38. The standard InChI is InChI=1S/C13H13Br2N3O2/c1-2-8-6-16-18-13(8)17-12(19)7-20-11-4-3-9(14)5-10(11)15/h3-6H,2,7H2,1H3,(H2,16,17,18,19). The highest BCUT2D eigenvalue weighted by molar-refractivity contribution is 9.11. The minimum absolute atomic E-state index is 0.0671. The number of ether oxygens (including phenoxy) is 1. The van der Waals surface area contributed by atoms with Gasteiger partial charge in [-0.1, -0.05) is 22.9 Å². The van der Waals surface area contributed by atoms with E-state index in [0.717, 1.165) is 20.9 Å². The second kappa shape index (κ2) is 6.90. The molecule has 1 heterocycles. The Hall–Kier alpha value is -1.34. The van der Waals surface area contributed by atoms with Crippen molar-refractivity contribution in [3.8, 4) is 5.75 Å². The lowest BCUT2D eigenvalue weighted by Crippen LogP contribution is -2.21. The summed E-state index contributed by atoms with van der Waals surface area (Å²) in [6, 6.07) is 5.49. The quantitative estimate of drug-likeness (QED) is 0.803. The van der Waals surface area contributed by atoms with Gasteiger partial charge in [0.15, 0.2) is 6.61 Å². The number of aryl methyl sites for hydroxylation is 1. The maximum Gasteiger partial charge on any atom is 0.263 e. The van der Waals surface area contributed by atoms with Gasteiger partial charge in [-0.15, -0.1) is 0 Å². The van der Waals surface area contributed by atoms with E-state index >= 15 is 0 Å². The number of nitrogens with zero attached hydrogens (tertiary/aromatic N) is 1. The Morgan fingerprint density at radius 2 is 2.25 bits per heavy atom. The third-order valence-corrected chi connectivity index (χ3v) is 3.73. The Labute approximate surface area is 133 Å². The second-order valence-electron chi connectivity index (χ2n) is 4.04. The van der Waals surface area contributed by atoms with Crippen LogP contribution in [-0.2, 0) is 11.2 Å². The summed E-state index contributed by atoms with van der Waals surface area (Å²) in [4.78, 5) is 11.8. The van der Waals surface area contributed by atoms with Gasteiger partial charge >= 0.3 is 0 Å². The Bertz CT molecular complexity index is 613. The summed E-state index contributed by atoms with van der Waals surface area (Å²) in [5.74, 6) is 0.999. The van der Waals surface area contributed by atoms with Crippen LogP contribution in [0.15, 0.2) is 33.3 Å². The molecule has 106 valence electrons. The van der Waals surface area contributed by atoms with Gasteiger partial charge in [-0.25, -0.2) is 0 Å². The smallest absolute Gasteiger partial charge is 0.263 e. The zero-order chi connectivity index (χ0) is 14.5. The molecule has 0 radical (unpaired) electrons. The van der Waals surface area contributed by atoms with Crippen molar-refractivity contribution in [1.82, 2.24) is 10.2 Å². The lowest BCUT2D eigenvalue weighted by molar-refractivity contribution is -0.118. The summed E-state index contributed by atoms with van der Waals surface area (Å²) in [5.41, 5.74) is 0.961. The number of benzene rings is 1. The third kappa shape index (κ3) is 3.83. The SMILES string of the molecule is CCc1cn[nH]c1NC(=O)COc1ccc(Br)cc1Br. The highest BCUT2D eigenvalue weighted by Crippen LogP contribution is 2.28. The Morgan fingerprint density at radius 3 is 2.95 bits per heavy atom. The average Bonchev–Trinajstić information content (AvgIpc) is 2.85. The van der Waals surface area contributed by atoms with Gasteiger partial charge in [-0.3, -0.25) is 9.89 Å². The minimum atomic E-state index is -0.237. The van der Waals surface area contributed by atoms with Crippen LogP contribution in [0.5, 0.6) is 5.75 Å². The fourth-order valence-electron chi connectivity index (χ4n) is 1.60. The molecule has 20 heavy (non-hydrogen) atoms. The number of halogens is 2. The Balaban J connectivity index is 1.92. The van der Waals surface area contributed by atoms with Gasteiger partial charge < -0.3 is 10.1 Å².